The number of para-hydroxylation sites is 6. The summed E-state index contributed by atoms with van der Waals surface area (Å²) in [6.07, 6.45) is 8.98. The van der Waals surface area contributed by atoms with Crippen LogP contribution in [0, 0.1) is 0 Å². The zero-order chi connectivity index (χ0) is 91.0. The zero-order valence-corrected chi connectivity index (χ0v) is 84.8. The van der Waals surface area contributed by atoms with Gasteiger partial charge in [-0.15, -0.1) is 0 Å². The molecule has 20 rings (SSSR count). The van der Waals surface area contributed by atoms with Gasteiger partial charge in [0.05, 0.1) is 68.2 Å². The second-order valence-corrected chi connectivity index (χ2v) is 43.7. The second-order valence-electron chi connectivity index (χ2n) is 34.6. The van der Waals surface area contributed by atoms with Gasteiger partial charge in [-0.3, -0.25) is 0 Å². The van der Waals surface area contributed by atoms with Gasteiger partial charge in [0.15, 0.2) is 0 Å². The predicted molar refractivity (Wildman–Crippen MR) is 572 cm³/mol. The Bertz CT molecular complexity index is 5870. The van der Waals surface area contributed by atoms with E-state index in [1.165, 1.54) is 158 Å². The van der Waals surface area contributed by atoms with E-state index in [1.807, 2.05) is 107 Å². The van der Waals surface area contributed by atoms with Crippen molar-refractivity contribution >= 4 is 208 Å². The molecule has 0 radical (unpaired) electrons. The lowest BCUT2D eigenvalue weighted by molar-refractivity contribution is 0.119. The molecular weight excluding hydrogens is 1870 g/mol. The van der Waals surface area contributed by atoms with Gasteiger partial charge in [0.25, 0.3) is 0 Å². The van der Waals surface area contributed by atoms with Crippen molar-refractivity contribution in [1.29, 1.82) is 0 Å². The fourth-order valence-electron chi connectivity index (χ4n) is 18.3. The first-order valence-electron chi connectivity index (χ1n) is 46.2. The number of piperidine rings is 1. The summed E-state index contributed by atoms with van der Waals surface area (Å²) in [4.78, 5) is 38.1. The van der Waals surface area contributed by atoms with Gasteiger partial charge < -0.3 is 54.7 Å². The molecule has 23 heteroatoms. The van der Waals surface area contributed by atoms with E-state index in [0.717, 1.165) is 154 Å². The molecule has 7 aliphatic heterocycles. The number of nitrogens with one attached hydrogen (secondary N) is 2. The first kappa shape index (κ1) is 96.0. The van der Waals surface area contributed by atoms with Gasteiger partial charge in [0.2, 0.25) is 0 Å². The molecule has 0 bridgehead atoms. The summed E-state index contributed by atoms with van der Waals surface area (Å²) < 4.78 is 0. The van der Waals surface area contributed by atoms with E-state index in [1.54, 1.807) is 0 Å². The third-order valence-electron chi connectivity index (χ3n) is 24.8. The molecule has 0 unspecified atom stereocenters. The van der Waals surface area contributed by atoms with Crippen LogP contribution in [0.3, 0.4) is 0 Å². The highest BCUT2D eigenvalue weighted by Gasteiger charge is 2.33. The third kappa shape index (κ3) is 24.1. The van der Waals surface area contributed by atoms with Gasteiger partial charge in [-0.25, -0.2) is 0 Å². The number of likely N-dealkylation sites (tertiary alicyclic amines) is 1. The van der Waals surface area contributed by atoms with Crippen molar-refractivity contribution in [2.45, 2.75) is 162 Å². The van der Waals surface area contributed by atoms with Crippen molar-refractivity contribution in [1.82, 2.24) is 25.3 Å². The Balaban J connectivity index is 0.000000127. The van der Waals surface area contributed by atoms with Gasteiger partial charge >= 0.3 is 0 Å². The molecule has 13 aromatic carbocycles. The number of hydrogen-bond acceptors (Lipinski definition) is 17. The minimum atomic E-state index is 0.483. The van der Waals surface area contributed by atoms with Gasteiger partial charge in [-0.05, 0) is 286 Å². The molecule has 132 heavy (non-hydrogen) atoms. The Kier molecular flexibility index (Phi) is 33.8. The van der Waals surface area contributed by atoms with Crippen LogP contribution in [0.1, 0.15) is 84.6 Å². The largest absolute Gasteiger partial charge is 0.340 e. The maximum Gasteiger partial charge on any atom is 0.0567 e. The van der Waals surface area contributed by atoms with E-state index in [9.17, 15) is 0 Å². The van der Waals surface area contributed by atoms with Crippen molar-refractivity contribution in [3.63, 3.8) is 0 Å². The number of anilines is 12. The first-order chi connectivity index (χ1) is 64.5. The van der Waals surface area contributed by atoms with Gasteiger partial charge in [0.1, 0.15) is 0 Å². The quantitative estimate of drug-likeness (QED) is 0.0437. The zero-order valence-electron chi connectivity index (χ0n) is 75.4. The molecule has 11 nitrogen and oxygen atoms in total. The number of halogens is 6. The smallest absolute Gasteiger partial charge is 0.0567 e. The van der Waals surface area contributed by atoms with Crippen LogP contribution < -0.4 is 40.0 Å². The molecule has 0 atom stereocenters. The molecule has 682 valence electrons. The standard InChI is InChI=1S/C36H38Cl2N4S2.C33H33Cl2N3S2.C22H21ClN2S.C18H21ClN2S/c1-39-22-16-28(17-23-39)40(18-6-20-41-29-8-2-4-10-33(29)43-35-14-12-26(37)24-31(35)41)19-7-21-42-30-9-3-5-11-34(30)44-36-15-13-27(38)25-32(36)42;1-23(2)36(17-7-19-37-26-9-3-5-11-30(26)39-32-15-13-24(34)21-28(32)37)18-8-20-38-27-10-4-6-12-31(27)40-33-16-14-25(35)22-29(33)38;23-18-11-12-22-20(15-18)25(19-9-4-5-10-21(19)26-22)14-6-13-24-16-17-7-2-1-3-8-17;1-13(2)20-10-5-11-21-15-6-3-4-7-17(15)22-18-9-8-14(19)12-16(18)21/h2-5,8-15,24-25,28H,6-7,16-23H2,1H3;3-6,9-16,21-23H,7-8,17-20H2,1-2H3;1-5,7-12,15,24H,6,13-14,16H2;3-4,6-9,12-13,20H,5,10-11H2,1-2H3. The minimum absolute atomic E-state index is 0.483. The number of benzene rings is 13. The summed E-state index contributed by atoms with van der Waals surface area (Å²) in [5.41, 5.74) is 16.3. The molecule has 0 amide bonds. The highest BCUT2D eigenvalue weighted by molar-refractivity contribution is 8.01. The van der Waals surface area contributed by atoms with E-state index in [2.05, 4.69) is 338 Å². The molecular formula is C109H113Cl6N11S6. The minimum Gasteiger partial charge on any atom is -0.340 e. The van der Waals surface area contributed by atoms with Crippen molar-refractivity contribution in [3.8, 4) is 0 Å². The molecule has 13 aromatic rings. The van der Waals surface area contributed by atoms with Crippen molar-refractivity contribution in [3.05, 3.63) is 321 Å². The number of rotatable bonds is 29. The van der Waals surface area contributed by atoms with Gasteiger partial charge in [-0.1, -0.05) is 257 Å². The predicted octanol–water partition coefficient (Wildman–Crippen LogP) is 31.9. The Labute approximate surface area is 837 Å². The Morgan fingerprint density at radius 2 is 0.545 bits per heavy atom. The summed E-state index contributed by atoms with van der Waals surface area (Å²) in [5, 5.41) is 11.8. The van der Waals surface area contributed by atoms with Crippen molar-refractivity contribution in [2.75, 3.05) is 128 Å². The normalized spacial score (nSPS) is 14.3. The Morgan fingerprint density at radius 1 is 0.295 bits per heavy atom. The summed E-state index contributed by atoms with van der Waals surface area (Å²) in [6, 6.07) is 102. The van der Waals surface area contributed by atoms with Crippen molar-refractivity contribution < 1.29 is 0 Å². The average molecular weight is 1980 g/mol. The summed E-state index contributed by atoms with van der Waals surface area (Å²) in [6.45, 7) is 24.3. The van der Waals surface area contributed by atoms with Crippen LogP contribution in [0.5, 0.6) is 0 Å². The summed E-state index contributed by atoms with van der Waals surface area (Å²) >= 11 is 49.3. The van der Waals surface area contributed by atoms with Gasteiger partial charge in [-0.2, -0.15) is 0 Å². The van der Waals surface area contributed by atoms with E-state index in [0.29, 0.717) is 18.1 Å². The Hall–Kier alpha value is -7.70. The topological polar surface area (TPSA) is 53.2 Å². The van der Waals surface area contributed by atoms with E-state index in [-0.39, 0.29) is 0 Å². The summed E-state index contributed by atoms with van der Waals surface area (Å²) in [7, 11) is 2.25. The van der Waals surface area contributed by atoms with Crippen LogP contribution in [-0.4, -0.2) is 131 Å². The van der Waals surface area contributed by atoms with Crippen LogP contribution in [0.4, 0.5) is 68.2 Å². The highest BCUT2D eigenvalue weighted by Crippen LogP contribution is 2.56. The molecule has 0 saturated carbocycles. The van der Waals surface area contributed by atoms with E-state index in [4.69, 9.17) is 69.6 Å². The summed E-state index contributed by atoms with van der Waals surface area (Å²) in [5.74, 6) is 0. The molecule has 1 saturated heterocycles. The van der Waals surface area contributed by atoms with Crippen molar-refractivity contribution in [2.24, 2.45) is 0 Å². The molecule has 0 spiro atoms. The molecule has 1 fully saturated rings. The fourth-order valence-corrected chi connectivity index (χ4v) is 25.7. The lowest BCUT2D eigenvalue weighted by Crippen LogP contribution is -2.45. The van der Waals surface area contributed by atoms with Crippen LogP contribution in [0.15, 0.2) is 344 Å². The lowest BCUT2D eigenvalue weighted by Gasteiger charge is -2.39. The fraction of sp³-hybridized carbons (Fsp3) is 0.284. The molecule has 7 aliphatic rings. The van der Waals surface area contributed by atoms with Crippen LogP contribution in [0.25, 0.3) is 0 Å². The molecule has 0 aliphatic carbocycles. The second kappa shape index (κ2) is 46.4. The molecule has 0 aromatic heterocycles. The maximum atomic E-state index is 6.50. The maximum absolute atomic E-state index is 6.50. The SMILES string of the molecule is CC(C)N(CCCN1c2ccccc2Sc2ccc(Cl)cc21)CCCN1c2ccccc2Sc2ccc(Cl)cc21.CC(C)NCCCN1c2ccccc2Sc2ccc(Cl)cc21.CN1CCC(N(CCCN2c3ccccc3Sc3ccc(Cl)cc32)CCCN2c3ccccc3Sc3ccc(Cl)cc32)CC1.Clc1ccc2c(c1)N(CCCNCc1ccccc1)c1ccccc1S2. The monoisotopic (exact) mass is 1980 g/mol. The number of nitrogens with zero attached hydrogens (tertiary/aromatic N) is 9. The van der Waals surface area contributed by atoms with Crippen LogP contribution >= 0.6 is 140 Å². The van der Waals surface area contributed by atoms with Crippen LogP contribution in [-0.2, 0) is 6.54 Å². The van der Waals surface area contributed by atoms with Crippen LogP contribution in [0.2, 0.25) is 30.1 Å². The Morgan fingerprint density at radius 3 is 0.826 bits per heavy atom. The highest BCUT2D eigenvalue weighted by atomic mass is 35.5. The third-order valence-corrected chi connectivity index (χ3v) is 33.0. The first-order valence-corrected chi connectivity index (χ1v) is 53.3. The molecule has 7 heterocycles. The molecule has 2 N–H and O–H groups in total. The van der Waals surface area contributed by atoms with E-state index >= 15 is 0 Å². The number of fused-ring (bicyclic) bond motifs is 12. The average Bonchev–Trinajstić information content (AvgIpc) is 0.802. The van der Waals surface area contributed by atoms with Gasteiger partial charge in [0, 0.05) is 179 Å². The lowest BCUT2D eigenvalue weighted by atomic mass is 10.0. The van der Waals surface area contributed by atoms with E-state index < -0.39 is 0 Å². The number of hydrogen-bond donors (Lipinski definition) is 2.